The molecule has 2 N–H and O–H groups in total. The predicted molar refractivity (Wildman–Crippen MR) is 63.5 cm³/mol. The highest BCUT2D eigenvalue weighted by atomic mass is 19.2. The summed E-state index contributed by atoms with van der Waals surface area (Å²) < 4.78 is 31.4. The van der Waals surface area contributed by atoms with Crippen LogP contribution in [0.4, 0.5) is 8.78 Å². The third-order valence-corrected chi connectivity index (χ3v) is 3.59. The lowest BCUT2D eigenvalue weighted by molar-refractivity contribution is 0.146. The first kappa shape index (κ1) is 13.2. The molecule has 5 heteroatoms. The molecule has 100 valence electrons. The third-order valence-electron chi connectivity index (χ3n) is 3.59. The van der Waals surface area contributed by atoms with E-state index >= 15 is 0 Å². The highest BCUT2D eigenvalue weighted by Crippen LogP contribution is 2.32. The Morgan fingerprint density at radius 2 is 2.22 bits per heavy atom. The minimum Gasteiger partial charge on any atom is -0.490 e. The second-order valence-electron chi connectivity index (χ2n) is 4.75. The molecule has 1 aliphatic rings. The van der Waals surface area contributed by atoms with Crippen molar-refractivity contribution in [2.24, 2.45) is 0 Å². The second-order valence-corrected chi connectivity index (χ2v) is 4.75. The molecule has 2 rings (SSSR count). The summed E-state index contributed by atoms with van der Waals surface area (Å²) in [5.41, 5.74) is -0.316. The molecule has 0 heterocycles. The van der Waals surface area contributed by atoms with Crippen molar-refractivity contribution in [2.75, 3.05) is 13.7 Å². The first-order chi connectivity index (χ1) is 8.58. The molecular formula is C13H17F2NO2. The van der Waals surface area contributed by atoms with Crippen LogP contribution < -0.4 is 10.1 Å². The molecule has 2 unspecified atom stereocenters. The molecule has 3 nitrogen and oxygen atoms in total. The smallest absolute Gasteiger partial charge is 0.162 e. The van der Waals surface area contributed by atoms with E-state index in [1.807, 2.05) is 0 Å². The van der Waals surface area contributed by atoms with E-state index in [9.17, 15) is 13.9 Å². The Labute approximate surface area is 105 Å². The maximum atomic E-state index is 13.0. The fourth-order valence-corrected chi connectivity index (χ4v) is 2.37. The van der Waals surface area contributed by atoms with Gasteiger partial charge in [0.1, 0.15) is 11.9 Å². The zero-order valence-electron chi connectivity index (χ0n) is 10.2. The Kier molecular flexibility index (Phi) is 3.82. The lowest BCUT2D eigenvalue weighted by atomic mass is 9.99. The number of nitrogens with one attached hydrogen (secondary N) is 1. The maximum absolute atomic E-state index is 13.0. The number of aliphatic hydroxyl groups excluding tert-OH is 1. The normalized spacial score (nSPS) is 27.4. The molecule has 0 aromatic heterocycles. The molecule has 0 bridgehead atoms. The Bertz CT molecular complexity index is 421. The third kappa shape index (κ3) is 2.62. The van der Waals surface area contributed by atoms with Gasteiger partial charge < -0.3 is 15.2 Å². The van der Waals surface area contributed by atoms with Crippen molar-refractivity contribution in [2.45, 2.75) is 30.9 Å². The molecule has 0 saturated heterocycles. The standard InChI is InChI=1S/C13H17F2NO2/c1-16-13(8-17)5-4-10(7-13)18-9-2-3-11(14)12(15)6-9/h2-3,6,10,16-17H,4-5,7-8H2,1H3. The monoisotopic (exact) mass is 257 g/mol. The van der Waals surface area contributed by atoms with E-state index in [0.717, 1.165) is 25.0 Å². The van der Waals surface area contributed by atoms with E-state index in [1.165, 1.54) is 6.07 Å². The number of likely N-dealkylation sites (N-methyl/N-ethyl adjacent to an activating group) is 1. The van der Waals surface area contributed by atoms with Gasteiger partial charge in [0, 0.05) is 18.0 Å². The Hall–Kier alpha value is -1.20. The predicted octanol–water partition coefficient (Wildman–Crippen LogP) is 1.85. The molecule has 0 radical (unpaired) electrons. The van der Waals surface area contributed by atoms with E-state index in [2.05, 4.69) is 5.32 Å². The summed E-state index contributed by atoms with van der Waals surface area (Å²) in [4.78, 5) is 0. The first-order valence-electron chi connectivity index (χ1n) is 6.00. The zero-order valence-corrected chi connectivity index (χ0v) is 10.2. The van der Waals surface area contributed by atoms with Crippen LogP contribution in [0.25, 0.3) is 0 Å². The van der Waals surface area contributed by atoms with Gasteiger partial charge in [-0.05, 0) is 32.0 Å². The van der Waals surface area contributed by atoms with Gasteiger partial charge in [0.05, 0.1) is 6.61 Å². The number of hydrogen-bond donors (Lipinski definition) is 2. The van der Waals surface area contributed by atoms with Gasteiger partial charge in [0.15, 0.2) is 11.6 Å². The van der Waals surface area contributed by atoms with Crippen LogP contribution in [0.5, 0.6) is 5.75 Å². The van der Waals surface area contributed by atoms with Gasteiger partial charge in [-0.1, -0.05) is 0 Å². The van der Waals surface area contributed by atoms with Crippen LogP contribution in [0.2, 0.25) is 0 Å². The second kappa shape index (κ2) is 5.20. The highest BCUT2D eigenvalue weighted by Gasteiger charge is 2.38. The van der Waals surface area contributed by atoms with Crippen molar-refractivity contribution in [1.29, 1.82) is 0 Å². The summed E-state index contributed by atoms with van der Waals surface area (Å²) in [6.07, 6.45) is 2.14. The topological polar surface area (TPSA) is 41.5 Å². The van der Waals surface area contributed by atoms with Gasteiger partial charge in [-0.25, -0.2) is 8.78 Å². The fourth-order valence-electron chi connectivity index (χ4n) is 2.37. The van der Waals surface area contributed by atoms with E-state index in [1.54, 1.807) is 7.05 Å². The summed E-state index contributed by atoms with van der Waals surface area (Å²) in [5, 5.41) is 12.5. The van der Waals surface area contributed by atoms with Crippen LogP contribution in [-0.4, -0.2) is 30.4 Å². The van der Waals surface area contributed by atoms with Gasteiger partial charge in [-0.2, -0.15) is 0 Å². The molecule has 0 amide bonds. The van der Waals surface area contributed by atoms with Crippen molar-refractivity contribution >= 4 is 0 Å². The molecule has 0 aliphatic heterocycles. The maximum Gasteiger partial charge on any atom is 0.162 e. The minimum atomic E-state index is -0.910. The highest BCUT2D eigenvalue weighted by molar-refractivity contribution is 5.24. The van der Waals surface area contributed by atoms with Crippen LogP contribution in [0, 0.1) is 11.6 Å². The number of aliphatic hydroxyl groups is 1. The number of rotatable bonds is 4. The van der Waals surface area contributed by atoms with Crippen molar-refractivity contribution in [1.82, 2.24) is 5.32 Å². The van der Waals surface area contributed by atoms with Crippen molar-refractivity contribution in [3.8, 4) is 5.75 Å². The average molecular weight is 257 g/mol. The van der Waals surface area contributed by atoms with Gasteiger partial charge in [0.25, 0.3) is 0 Å². The Balaban J connectivity index is 2.01. The molecule has 1 aliphatic carbocycles. The number of hydrogen-bond acceptors (Lipinski definition) is 3. The van der Waals surface area contributed by atoms with Crippen LogP contribution in [-0.2, 0) is 0 Å². The summed E-state index contributed by atoms with van der Waals surface area (Å²) in [6, 6.07) is 3.52. The SMILES string of the molecule is CNC1(CO)CCC(Oc2ccc(F)c(F)c2)C1. The lowest BCUT2D eigenvalue weighted by Crippen LogP contribution is -2.44. The molecule has 1 fully saturated rings. The zero-order chi connectivity index (χ0) is 13.2. The lowest BCUT2D eigenvalue weighted by Gasteiger charge is -2.26. The first-order valence-corrected chi connectivity index (χ1v) is 6.00. The van der Waals surface area contributed by atoms with E-state index in [4.69, 9.17) is 4.74 Å². The molecule has 18 heavy (non-hydrogen) atoms. The van der Waals surface area contributed by atoms with Crippen LogP contribution >= 0.6 is 0 Å². The molecular weight excluding hydrogens is 240 g/mol. The molecule has 1 saturated carbocycles. The summed E-state index contributed by atoms with van der Waals surface area (Å²) in [6.45, 7) is 0.0428. The summed E-state index contributed by atoms with van der Waals surface area (Å²) >= 11 is 0. The van der Waals surface area contributed by atoms with Gasteiger partial charge in [0.2, 0.25) is 0 Å². The van der Waals surface area contributed by atoms with Gasteiger partial charge >= 0.3 is 0 Å². The quantitative estimate of drug-likeness (QED) is 0.865. The molecule has 0 spiro atoms. The van der Waals surface area contributed by atoms with Crippen LogP contribution in [0.15, 0.2) is 18.2 Å². The van der Waals surface area contributed by atoms with E-state index in [0.29, 0.717) is 12.2 Å². The largest absolute Gasteiger partial charge is 0.490 e. The van der Waals surface area contributed by atoms with Gasteiger partial charge in [-0.15, -0.1) is 0 Å². The number of halogens is 2. The van der Waals surface area contributed by atoms with Crippen molar-refractivity contribution < 1.29 is 18.6 Å². The van der Waals surface area contributed by atoms with Crippen molar-refractivity contribution in [3.05, 3.63) is 29.8 Å². The average Bonchev–Trinajstić information content (AvgIpc) is 2.78. The fraction of sp³-hybridized carbons (Fsp3) is 0.538. The van der Waals surface area contributed by atoms with Crippen LogP contribution in [0.1, 0.15) is 19.3 Å². The Morgan fingerprint density at radius 1 is 1.44 bits per heavy atom. The number of benzene rings is 1. The summed E-state index contributed by atoms with van der Waals surface area (Å²) in [5.74, 6) is -1.47. The summed E-state index contributed by atoms with van der Waals surface area (Å²) in [7, 11) is 1.80. The van der Waals surface area contributed by atoms with E-state index < -0.39 is 11.6 Å². The Morgan fingerprint density at radius 3 is 2.78 bits per heavy atom. The molecule has 1 aromatic carbocycles. The number of ether oxygens (including phenoxy) is 1. The van der Waals surface area contributed by atoms with Crippen LogP contribution in [0.3, 0.4) is 0 Å². The minimum absolute atomic E-state index is 0.0428. The molecule has 1 aromatic rings. The van der Waals surface area contributed by atoms with Crippen molar-refractivity contribution in [3.63, 3.8) is 0 Å². The van der Waals surface area contributed by atoms with E-state index in [-0.39, 0.29) is 18.2 Å². The molecule has 2 atom stereocenters. The van der Waals surface area contributed by atoms with Gasteiger partial charge in [-0.3, -0.25) is 0 Å².